The molecule has 1 unspecified atom stereocenters. The van der Waals surface area contributed by atoms with E-state index in [0.717, 1.165) is 11.1 Å². The number of hydrogen-bond acceptors (Lipinski definition) is 6. The Morgan fingerprint density at radius 2 is 1.94 bits per heavy atom. The van der Waals surface area contributed by atoms with Crippen LogP contribution in [0.4, 0.5) is 13.2 Å². The molecule has 2 aromatic carbocycles. The number of aromatic nitrogens is 2. The minimum atomic E-state index is -4.51. The summed E-state index contributed by atoms with van der Waals surface area (Å²) < 4.78 is 51.6. The Morgan fingerprint density at radius 3 is 2.69 bits per heavy atom. The van der Waals surface area contributed by atoms with Crippen LogP contribution in [0.3, 0.4) is 0 Å². The molecule has 0 bridgehead atoms. The molecule has 5 rings (SSSR count). The maximum Gasteiger partial charge on any atom is 0.426 e. The van der Waals surface area contributed by atoms with Crippen LogP contribution in [0.2, 0.25) is 0 Å². The van der Waals surface area contributed by atoms with E-state index in [9.17, 15) is 18.0 Å². The Bertz CT molecular complexity index is 1420. The molecule has 1 aliphatic rings. The lowest BCUT2D eigenvalue weighted by molar-refractivity contribution is -0.143. The predicted octanol–water partition coefficient (Wildman–Crippen LogP) is 7.29. The first-order valence-corrected chi connectivity index (χ1v) is 12.2. The van der Waals surface area contributed by atoms with E-state index >= 15 is 0 Å². The molecule has 0 fully saturated rings. The number of allylic oxidation sites excluding steroid dienone is 1. The summed E-state index contributed by atoms with van der Waals surface area (Å²) in [6.45, 7) is 2.14. The smallest absolute Gasteiger partial charge is 0.426 e. The molecule has 0 spiro atoms. The second kappa shape index (κ2) is 9.73. The summed E-state index contributed by atoms with van der Waals surface area (Å²) in [4.78, 5) is 15.7. The van der Waals surface area contributed by atoms with Gasteiger partial charge in [-0.1, -0.05) is 59.8 Å². The molecule has 2 heterocycles. The highest BCUT2D eigenvalue weighted by Crippen LogP contribution is 2.45. The summed E-state index contributed by atoms with van der Waals surface area (Å²) >= 11 is 0.584. The third-order valence-electron chi connectivity index (χ3n) is 5.88. The molecule has 0 amide bonds. The number of fused-ring (bicyclic) bond motifs is 1. The van der Waals surface area contributed by atoms with Gasteiger partial charge in [-0.15, -0.1) is 11.3 Å². The normalized spacial score (nSPS) is 15.1. The van der Waals surface area contributed by atoms with E-state index in [1.807, 2.05) is 30.4 Å². The number of carbonyl (C=O) groups excluding carboxylic acids is 1. The van der Waals surface area contributed by atoms with E-state index in [1.54, 1.807) is 37.3 Å². The van der Waals surface area contributed by atoms with Crippen LogP contribution in [0, 0.1) is 5.92 Å². The first kappa shape index (κ1) is 24.0. The zero-order valence-electron chi connectivity index (χ0n) is 19.2. The second-order valence-electron chi connectivity index (χ2n) is 8.39. The van der Waals surface area contributed by atoms with Crippen molar-refractivity contribution in [2.45, 2.75) is 25.9 Å². The minimum Gasteiger partial charge on any atom is -0.466 e. The highest BCUT2D eigenvalue weighted by atomic mass is 32.1. The first-order chi connectivity index (χ1) is 17.3. The highest BCUT2D eigenvalue weighted by molar-refractivity contribution is 7.16. The van der Waals surface area contributed by atoms with Gasteiger partial charge < -0.3 is 9.26 Å². The quantitative estimate of drug-likeness (QED) is 0.255. The maximum atomic E-state index is 13.7. The first-order valence-electron chi connectivity index (χ1n) is 11.4. The minimum absolute atomic E-state index is 0.0328. The van der Waals surface area contributed by atoms with E-state index in [1.165, 1.54) is 6.07 Å². The molecular weight excluding hydrogens is 489 g/mol. The lowest BCUT2D eigenvalue weighted by Crippen LogP contribution is -2.14. The van der Waals surface area contributed by atoms with Gasteiger partial charge in [0, 0.05) is 11.1 Å². The Morgan fingerprint density at radius 1 is 1.14 bits per heavy atom. The Balaban J connectivity index is 1.40. The van der Waals surface area contributed by atoms with Gasteiger partial charge in [-0.05, 0) is 48.1 Å². The fourth-order valence-corrected chi connectivity index (χ4v) is 5.19. The number of hydrogen-bond donors (Lipinski definition) is 0. The van der Waals surface area contributed by atoms with Gasteiger partial charge >= 0.3 is 12.1 Å². The fourth-order valence-electron chi connectivity index (χ4n) is 4.22. The van der Waals surface area contributed by atoms with Gasteiger partial charge in [-0.3, -0.25) is 4.79 Å². The van der Waals surface area contributed by atoms with Crippen LogP contribution in [0.25, 0.3) is 39.4 Å². The number of alkyl halides is 3. The highest BCUT2D eigenvalue weighted by Gasteiger charge is 2.37. The average molecular weight is 511 g/mol. The van der Waals surface area contributed by atoms with E-state index in [0.29, 0.717) is 41.9 Å². The number of carbonyl (C=O) groups is 1. The van der Waals surface area contributed by atoms with Gasteiger partial charge in [-0.25, -0.2) is 0 Å². The zero-order chi connectivity index (χ0) is 25.3. The van der Waals surface area contributed by atoms with E-state index < -0.39 is 11.1 Å². The standard InChI is InChI=1S/C27H21F3N2O3S/c1-2-34-23(33)13-16-8-9-19-14-20(11-10-18(19)12-16)25-31-26(35-32-25)22-15-21(17-6-4-3-5-7-17)24(36-22)27(28,29)30/h3-11,14-16H,2,12-13H2,1H3. The molecule has 4 aromatic rings. The fraction of sp³-hybridized carbons (Fsp3) is 0.222. The SMILES string of the molecule is CCOC(=O)CC1C=Cc2cc(-c3noc(-c4cc(-c5ccccc5)c(C(F)(F)F)s4)n3)ccc2C1. The van der Waals surface area contributed by atoms with Crippen molar-refractivity contribution >= 4 is 23.4 Å². The molecule has 36 heavy (non-hydrogen) atoms. The molecule has 9 heteroatoms. The van der Waals surface area contributed by atoms with Crippen molar-refractivity contribution in [3.8, 4) is 33.3 Å². The molecule has 0 radical (unpaired) electrons. The van der Waals surface area contributed by atoms with Crippen LogP contribution in [0.5, 0.6) is 0 Å². The van der Waals surface area contributed by atoms with Gasteiger partial charge in [-0.2, -0.15) is 18.2 Å². The third kappa shape index (κ3) is 4.97. The van der Waals surface area contributed by atoms with Crippen molar-refractivity contribution in [3.63, 3.8) is 0 Å². The third-order valence-corrected chi connectivity index (χ3v) is 7.05. The van der Waals surface area contributed by atoms with Gasteiger partial charge in [0.05, 0.1) is 17.9 Å². The van der Waals surface area contributed by atoms with Gasteiger partial charge in [0.2, 0.25) is 5.82 Å². The molecule has 0 N–H and O–H groups in total. The monoisotopic (exact) mass is 510 g/mol. The Labute approximate surface area is 209 Å². The van der Waals surface area contributed by atoms with E-state index in [-0.39, 0.29) is 34.0 Å². The predicted molar refractivity (Wildman–Crippen MR) is 131 cm³/mol. The number of rotatable bonds is 6. The molecule has 184 valence electrons. The summed E-state index contributed by atoms with van der Waals surface area (Å²) in [6.07, 6.45) is 0.465. The molecule has 2 aromatic heterocycles. The van der Waals surface area contributed by atoms with Crippen molar-refractivity contribution in [1.29, 1.82) is 0 Å². The molecule has 1 aliphatic carbocycles. The van der Waals surface area contributed by atoms with Crippen LogP contribution in [0.1, 0.15) is 29.3 Å². The van der Waals surface area contributed by atoms with Crippen molar-refractivity contribution in [2.24, 2.45) is 5.92 Å². The maximum absolute atomic E-state index is 13.7. The van der Waals surface area contributed by atoms with Crippen LogP contribution >= 0.6 is 11.3 Å². The molecular formula is C27H21F3N2O3S. The van der Waals surface area contributed by atoms with Gasteiger partial charge in [0.15, 0.2) is 0 Å². The number of esters is 1. The zero-order valence-corrected chi connectivity index (χ0v) is 20.0. The summed E-state index contributed by atoms with van der Waals surface area (Å²) in [7, 11) is 0. The average Bonchev–Trinajstić information content (AvgIpc) is 3.52. The largest absolute Gasteiger partial charge is 0.466 e. The molecule has 1 atom stereocenters. The van der Waals surface area contributed by atoms with Crippen molar-refractivity contribution in [3.05, 3.63) is 76.7 Å². The molecule has 5 nitrogen and oxygen atoms in total. The van der Waals surface area contributed by atoms with Crippen molar-refractivity contribution < 1.29 is 27.2 Å². The van der Waals surface area contributed by atoms with Crippen molar-refractivity contribution in [1.82, 2.24) is 10.1 Å². The number of benzene rings is 2. The van der Waals surface area contributed by atoms with Crippen LogP contribution < -0.4 is 0 Å². The topological polar surface area (TPSA) is 65.2 Å². The van der Waals surface area contributed by atoms with Crippen LogP contribution in [-0.4, -0.2) is 22.7 Å². The van der Waals surface area contributed by atoms with Crippen molar-refractivity contribution in [2.75, 3.05) is 6.61 Å². The van der Waals surface area contributed by atoms with E-state index in [2.05, 4.69) is 10.1 Å². The summed E-state index contributed by atoms with van der Waals surface area (Å²) in [6, 6.07) is 15.6. The molecule has 0 aliphatic heterocycles. The Hall–Kier alpha value is -3.72. The van der Waals surface area contributed by atoms with Crippen LogP contribution in [-0.2, 0) is 22.1 Å². The van der Waals surface area contributed by atoms with Gasteiger partial charge in [0.25, 0.3) is 5.89 Å². The van der Waals surface area contributed by atoms with Crippen LogP contribution in [0.15, 0.2) is 65.2 Å². The lowest BCUT2D eigenvalue weighted by atomic mass is 9.87. The lowest BCUT2D eigenvalue weighted by Gasteiger charge is -2.19. The molecule has 0 saturated carbocycles. The Kier molecular flexibility index (Phi) is 6.49. The van der Waals surface area contributed by atoms with Gasteiger partial charge in [0.1, 0.15) is 4.88 Å². The second-order valence-corrected chi connectivity index (χ2v) is 9.44. The summed E-state index contributed by atoms with van der Waals surface area (Å²) in [5, 5.41) is 4.01. The molecule has 0 saturated heterocycles. The summed E-state index contributed by atoms with van der Waals surface area (Å²) in [5.41, 5.74) is 3.29. The number of halogens is 3. The number of ether oxygens (including phenoxy) is 1. The summed E-state index contributed by atoms with van der Waals surface area (Å²) in [5.74, 6) is 0.174. The van der Waals surface area contributed by atoms with E-state index in [4.69, 9.17) is 9.26 Å². The number of nitrogens with zero attached hydrogens (tertiary/aromatic N) is 2. The number of thiophene rings is 1.